The van der Waals surface area contributed by atoms with Gasteiger partial charge in [0.2, 0.25) is 5.91 Å². The number of hydrogen-bond donors (Lipinski definition) is 1. The Morgan fingerprint density at radius 2 is 1.94 bits per heavy atom. The van der Waals surface area contributed by atoms with E-state index in [0.717, 1.165) is 11.1 Å². The van der Waals surface area contributed by atoms with Gasteiger partial charge in [-0.3, -0.25) is 14.4 Å². The van der Waals surface area contributed by atoms with Gasteiger partial charge in [0.05, 0.1) is 0 Å². The third-order valence-corrected chi connectivity index (χ3v) is 6.09. The highest BCUT2D eigenvalue weighted by Gasteiger charge is 2.56. The molecule has 8 heteroatoms. The first-order valence-electron chi connectivity index (χ1n) is 10.5. The first kappa shape index (κ1) is 21.2. The zero-order chi connectivity index (χ0) is 22.2. The smallest absolute Gasteiger partial charge is 0.263 e. The SMILES string of the molecule is CC(=O)N1CCc2c(cn(CCc3ccccc3)c(=O)c2C(=O)NCC2CC2(F)F)C1. The Morgan fingerprint density at radius 1 is 1.23 bits per heavy atom. The molecule has 164 valence electrons. The summed E-state index contributed by atoms with van der Waals surface area (Å²) in [6.07, 6.45) is 2.47. The van der Waals surface area contributed by atoms with Gasteiger partial charge in [-0.15, -0.1) is 0 Å². The van der Waals surface area contributed by atoms with Crippen molar-refractivity contribution in [2.45, 2.75) is 45.2 Å². The van der Waals surface area contributed by atoms with Crippen molar-refractivity contribution in [2.75, 3.05) is 13.1 Å². The molecule has 2 heterocycles. The van der Waals surface area contributed by atoms with Gasteiger partial charge in [0.1, 0.15) is 5.56 Å². The average Bonchev–Trinajstić information content (AvgIpc) is 3.37. The van der Waals surface area contributed by atoms with E-state index in [1.54, 1.807) is 11.1 Å². The minimum Gasteiger partial charge on any atom is -0.351 e. The quantitative estimate of drug-likeness (QED) is 0.767. The lowest BCUT2D eigenvalue weighted by atomic mass is 9.95. The monoisotopic (exact) mass is 429 g/mol. The van der Waals surface area contributed by atoms with Crippen molar-refractivity contribution < 1.29 is 18.4 Å². The molecule has 0 saturated heterocycles. The average molecular weight is 429 g/mol. The van der Waals surface area contributed by atoms with E-state index >= 15 is 0 Å². The number of hydrogen-bond acceptors (Lipinski definition) is 3. The van der Waals surface area contributed by atoms with Crippen molar-refractivity contribution in [1.82, 2.24) is 14.8 Å². The molecule has 1 fully saturated rings. The molecule has 6 nitrogen and oxygen atoms in total. The standard InChI is InChI=1S/C23H25F2N3O3/c1-15(29)27-10-8-19-17(13-27)14-28(9-7-16-5-3-2-4-6-16)22(31)20(19)21(30)26-12-18-11-23(18,24)25/h2-6,14,18H,7-13H2,1H3,(H,26,30). The molecule has 4 rings (SSSR count). The summed E-state index contributed by atoms with van der Waals surface area (Å²) in [7, 11) is 0. The first-order valence-corrected chi connectivity index (χ1v) is 10.5. The molecule has 31 heavy (non-hydrogen) atoms. The van der Waals surface area contributed by atoms with E-state index in [9.17, 15) is 23.2 Å². The maximum atomic E-state index is 13.2. The molecule has 1 aliphatic heterocycles. The Hall–Kier alpha value is -3.03. The van der Waals surface area contributed by atoms with Crippen LogP contribution in [0.5, 0.6) is 0 Å². The summed E-state index contributed by atoms with van der Waals surface area (Å²) >= 11 is 0. The van der Waals surface area contributed by atoms with Gasteiger partial charge in [-0.2, -0.15) is 0 Å². The fraction of sp³-hybridized carbons (Fsp3) is 0.435. The summed E-state index contributed by atoms with van der Waals surface area (Å²) < 4.78 is 27.9. The second-order valence-corrected chi connectivity index (χ2v) is 8.30. The number of alkyl halides is 2. The lowest BCUT2D eigenvalue weighted by Gasteiger charge is -2.29. The number of rotatable bonds is 6. The lowest BCUT2D eigenvalue weighted by Crippen LogP contribution is -2.41. The Morgan fingerprint density at radius 3 is 2.58 bits per heavy atom. The summed E-state index contributed by atoms with van der Waals surface area (Å²) in [6.45, 7) is 2.43. The highest BCUT2D eigenvalue weighted by atomic mass is 19.3. The van der Waals surface area contributed by atoms with Crippen molar-refractivity contribution in [1.29, 1.82) is 0 Å². The van der Waals surface area contributed by atoms with Crippen LogP contribution in [-0.4, -0.2) is 40.3 Å². The number of carbonyl (C=O) groups is 2. The third kappa shape index (κ3) is 4.52. The summed E-state index contributed by atoms with van der Waals surface area (Å²) in [5, 5.41) is 2.53. The number of nitrogens with zero attached hydrogens (tertiary/aromatic N) is 2. The Kier molecular flexibility index (Phi) is 5.64. The number of nitrogens with one attached hydrogen (secondary N) is 1. The van der Waals surface area contributed by atoms with E-state index in [-0.39, 0.29) is 24.4 Å². The van der Waals surface area contributed by atoms with Crippen molar-refractivity contribution in [3.8, 4) is 0 Å². The zero-order valence-corrected chi connectivity index (χ0v) is 17.4. The highest BCUT2D eigenvalue weighted by Crippen LogP contribution is 2.48. The molecule has 1 aromatic heterocycles. The van der Waals surface area contributed by atoms with Gasteiger partial charge in [-0.1, -0.05) is 30.3 Å². The summed E-state index contributed by atoms with van der Waals surface area (Å²) in [4.78, 5) is 39.6. The van der Waals surface area contributed by atoms with Crippen LogP contribution in [0.15, 0.2) is 41.3 Å². The van der Waals surface area contributed by atoms with Crippen LogP contribution in [0.4, 0.5) is 8.78 Å². The maximum Gasteiger partial charge on any atom is 0.263 e. The molecule has 2 aromatic rings. The molecular weight excluding hydrogens is 404 g/mol. The summed E-state index contributed by atoms with van der Waals surface area (Å²) in [6, 6.07) is 9.68. The number of amides is 2. The lowest BCUT2D eigenvalue weighted by molar-refractivity contribution is -0.129. The van der Waals surface area contributed by atoms with E-state index in [1.165, 1.54) is 11.5 Å². The van der Waals surface area contributed by atoms with Crippen LogP contribution in [0.3, 0.4) is 0 Å². The molecule has 1 N–H and O–H groups in total. The number of pyridine rings is 1. The summed E-state index contributed by atoms with van der Waals surface area (Å²) in [5.41, 5.74) is 2.00. The number of aryl methyl sites for hydroxylation is 2. The van der Waals surface area contributed by atoms with Crippen molar-refractivity contribution in [3.63, 3.8) is 0 Å². The number of carbonyl (C=O) groups excluding carboxylic acids is 2. The van der Waals surface area contributed by atoms with Gasteiger partial charge in [0.25, 0.3) is 17.4 Å². The van der Waals surface area contributed by atoms with E-state index in [4.69, 9.17) is 0 Å². The molecule has 0 spiro atoms. The van der Waals surface area contributed by atoms with Crippen LogP contribution >= 0.6 is 0 Å². The number of fused-ring (bicyclic) bond motifs is 1. The minimum absolute atomic E-state index is 0.0118. The number of halogens is 2. The van der Waals surface area contributed by atoms with E-state index in [0.29, 0.717) is 38.0 Å². The van der Waals surface area contributed by atoms with Crippen LogP contribution < -0.4 is 10.9 Å². The minimum atomic E-state index is -2.73. The number of benzene rings is 1. The normalized spacial score (nSPS) is 18.9. The fourth-order valence-corrected chi connectivity index (χ4v) is 4.07. The number of aromatic nitrogens is 1. The topological polar surface area (TPSA) is 71.4 Å². The van der Waals surface area contributed by atoms with Crippen LogP contribution in [0.1, 0.15) is 40.4 Å². The van der Waals surface area contributed by atoms with Crippen molar-refractivity contribution in [3.05, 3.63) is 69.1 Å². The van der Waals surface area contributed by atoms with Crippen LogP contribution in [0.25, 0.3) is 0 Å². The van der Waals surface area contributed by atoms with Crippen LogP contribution in [0.2, 0.25) is 0 Å². The predicted molar refractivity (Wildman–Crippen MR) is 111 cm³/mol. The molecule has 1 aromatic carbocycles. The molecular formula is C23H25F2N3O3. The molecule has 1 unspecified atom stereocenters. The van der Waals surface area contributed by atoms with E-state index in [1.807, 2.05) is 30.3 Å². The molecule has 1 aliphatic carbocycles. The predicted octanol–water partition coefficient (Wildman–Crippen LogP) is 2.38. The third-order valence-electron chi connectivity index (χ3n) is 6.09. The van der Waals surface area contributed by atoms with Crippen LogP contribution in [-0.2, 0) is 30.7 Å². The van der Waals surface area contributed by atoms with Gasteiger partial charge < -0.3 is 14.8 Å². The summed E-state index contributed by atoms with van der Waals surface area (Å²) in [5.74, 6) is -4.30. The Balaban J connectivity index is 1.63. The molecule has 0 radical (unpaired) electrons. The van der Waals surface area contributed by atoms with E-state index < -0.39 is 23.3 Å². The molecule has 2 aliphatic rings. The fourth-order valence-electron chi connectivity index (χ4n) is 4.07. The molecule has 1 saturated carbocycles. The highest BCUT2D eigenvalue weighted by molar-refractivity contribution is 5.95. The van der Waals surface area contributed by atoms with Crippen molar-refractivity contribution >= 4 is 11.8 Å². The van der Waals surface area contributed by atoms with Crippen LogP contribution in [0, 0.1) is 5.92 Å². The van der Waals surface area contributed by atoms with E-state index in [2.05, 4.69) is 5.32 Å². The largest absolute Gasteiger partial charge is 0.351 e. The molecule has 2 amide bonds. The first-order chi connectivity index (χ1) is 14.8. The van der Waals surface area contributed by atoms with Gasteiger partial charge in [-0.05, 0) is 29.5 Å². The zero-order valence-electron chi connectivity index (χ0n) is 17.4. The van der Waals surface area contributed by atoms with Gasteiger partial charge in [0, 0.05) is 51.6 Å². The maximum absolute atomic E-state index is 13.2. The second kappa shape index (κ2) is 8.24. The molecule has 0 bridgehead atoms. The van der Waals surface area contributed by atoms with Gasteiger partial charge in [-0.25, -0.2) is 8.78 Å². The van der Waals surface area contributed by atoms with Gasteiger partial charge >= 0.3 is 0 Å². The van der Waals surface area contributed by atoms with Gasteiger partial charge in [0.15, 0.2) is 0 Å². The molecule has 1 atom stereocenters. The Bertz CT molecular complexity index is 1070. The second-order valence-electron chi connectivity index (χ2n) is 8.30. The van der Waals surface area contributed by atoms with Crippen molar-refractivity contribution in [2.24, 2.45) is 5.92 Å². The Labute approximate surface area is 178 Å².